The molecule has 15 rings (SSSR count). The van der Waals surface area contributed by atoms with E-state index in [-0.39, 0.29) is 16.2 Å². The number of aromatic nitrogens is 1. The molecule has 0 saturated heterocycles. The molecule has 0 atom stereocenters. The highest BCUT2D eigenvalue weighted by Gasteiger charge is 2.38. The number of nitrogens with one attached hydrogen (secondary N) is 1. The van der Waals surface area contributed by atoms with Crippen molar-refractivity contribution in [2.75, 3.05) is 5.32 Å². The largest absolute Gasteiger partial charge is 0.455 e. The SMILES string of the molecule is CC(C)(C)c1ccc(Nc2cc3sc4cc5c(cc4c3cc2-c2ccc3c4cc6sc7ccccc7c6cc4n4c3c2Bc2cc3c(-c6ccccc6)oc(-c6ccccc6)c3cc2-4)C(C)(C)CCC5(C)C)cc1. The fraction of sp³-hybridized carbons (Fsp3) is 0.176. The average molecular weight is 991 g/mol. The van der Waals surface area contributed by atoms with Gasteiger partial charge in [0.05, 0.1) is 5.52 Å². The molecular formula is C68H55BN2OS2. The molecule has 5 heterocycles. The summed E-state index contributed by atoms with van der Waals surface area (Å²) in [6.07, 6.45) is 2.38. The Morgan fingerprint density at radius 1 is 0.514 bits per heavy atom. The van der Waals surface area contributed by atoms with Crippen LogP contribution in [0.1, 0.15) is 78.0 Å². The molecule has 0 spiro atoms. The highest BCUT2D eigenvalue weighted by molar-refractivity contribution is 7.26. The molecule has 0 saturated carbocycles. The maximum Gasteiger partial charge on any atom is 0.198 e. The third-order valence-electron chi connectivity index (χ3n) is 17.0. The Bertz CT molecular complexity index is 4500. The highest BCUT2D eigenvalue weighted by Crippen LogP contribution is 2.51. The van der Waals surface area contributed by atoms with E-state index in [0.29, 0.717) is 0 Å². The van der Waals surface area contributed by atoms with E-state index in [1.807, 2.05) is 22.7 Å². The van der Waals surface area contributed by atoms with Crippen molar-refractivity contribution in [2.45, 2.75) is 77.6 Å². The van der Waals surface area contributed by atoms with Crippen LogP contribution in [0.15, 0.2) is 174 Å². The molecule has 2 aliphatic rings. The van der Waals surface area contributed by atoms with Gasteiger partial charge in [0, 0.05) is 101 Å². The second kappa shape index (κ2) is 15.6. The number of thiophene rings is 2. The lowest BCUT2D eigenvalue weighted by molar-refractivity contribution is 0.332. The van der Waals surface area contributed by atoms with Gasteiger partial charge in [0.2, 0.25) is 0 Å². The normalized spacial score (nSPS) is 14.9. The van der Waals surface area contributed by atoms with E-state index in [1.54, 1.807) is 0 Å². The third kappa shape index (κ3) is 6.56. The Kier molecular flexibility index (Phi) is 9.29. The van der Waals surface area contributed by atoms with E-state index in [9.17, 15) is 0 Å². The van der Waals surface area contributed by atoms with Gasteiger partial charge in [-0.1, -0.05) is 163 Å². The fourth-order valence-electron chi connectivity index (χ4n) is 12.9. The summed E-state index contributed by atoms with van der Waals surface area (Å²) < 4.78 is 15.0. The van der Waals surface area contributed by atoms with Gasteiger partial charge in [-0.15, -0.1) is 22.7 Å². The molecule has 9 aromatic carbocycles. The van der Waals surface area contributed by atoms with E-state index in [2.05, 4.69) is 228 Å². The summed E-state index contributed by atoms with van der Waals surface area (Å²) in [4.78, 5) is 0. The molecule has 0 amide bonds. The van der Waals surface area contributed by atoms with Gasteiger partial charge in [0.1, 0.15) is 11.5 Å². The lowest BCUT2D eigenvalue weighted by atomic mass is 9.58. The molecule has 1 aliphatic heterocycles. The maximum absolute atomic E-state index is 7.07. The smallest absolute Gasteiger partial charge is 0.198 e. The number of benzene rings is 9. The predicted octanol–water partition coefficient (Wildman–Crippen LogP) is 18.4. The van der Waals surface area contributed by atoms with Crippen LogP contribution >= 0.6 is 22.7 Å². The first kappa shape index (κ1) is 44.1. The van der Waals surface area contributed by atoms with Crippen LogP contribution in [0.25, 0.3) is 112 Å². The zero-order valence-electron chi connectivity index (χ0n) is 43.0. The molecule has 74 heavy (non-hydrogen) atoms. The van der Waals surface area contributed by atoms with Crippen molar-refractivity contribution < 1.29 is 4.42 Å². The zero-order valence-corrected chi connectivity index (χ0v) is 44.6. The van der Waals surface area contributed by atoms with E-state index >= 15 is 0 Å². The zero-order chi connectivity index (χ0) is 50.0. The van der Waals surface area contributed by atoms with Gasteiger partial charge in [-0.2, -0.15) is 0 Å². The van der Waals surface area contributed by atoms with Gasteiger partial charge >= 0.3 is 0 Å². The van der Waals surface area contributed by atoms with E-state index in [1.165, 1.54) is 119 Å². The Morgan fingerprint density at radius 2 is 1.12 bits per heavy atom. The minimum Gasteiger partial charge on any atom is -0.455 e. The summed E-state index contributed by atoms with van der Waals surface area (Å²) in [6.45, 7) is 16.6. The second-order valence-corrected chi connectivity index (χ2v) is 25.8. The van der Waals surface area contributed by atoms with Crippen LogP contribution in [-0.2, 0) is 16.2 Å². The number of nitrogens with zero attached hydrogens (tertiary/aromatic N) is 1. The molecule has 1 N–H and O–H groups in total. The summed E-state index contributed by atoms with van der Waals surface area (Å²) in [6, 6.07) is 64.1. The standard InChI is InChI=1S/C68H55BN2OS2/c1-66(2,3)40-22-24-41(25-23-40)70-55-37-61-47(48-31-52-53(36-60(48)74-61)68(6,7)29-28-67(52,4)5)30-45(55)43-26-27-44-46-35-59-49(42-20-14-15-21-58(42)73-59)33-56(46)71-57-34-51-50(32-54(57)69-62(43)63(44)71)64(38-16-10-8-11-17-38)72-65(51)39-18-12-9-13-19-39/h8-27,30-37,69-70H,28-29H2,1-7H3. The van der Waals surface area contributed by atoms with Crippen LogP contribution in [0.4, 0.5) is 11.4 Å². The molecule has 4 aromatic heterocycles. The minimum absolute atomic E-state index is 0.0595. The van der Waals surface area contributed by atoms with Crippen LogP contribution in [0.2, 0.25) is 0 Å². The van der Waals surface area contributed by atoms with Crippen molar-refractivity contribution >= 4 is 125 Å². The lowest BCUT2D eigenvalue weighted by Crippen LogP contribution is -2.37. The van der Waals surface area contributed by atoms with Crippen molar-refractivity contribution in [3.8, 4) is 39.5 Å². The van der Waals surface area contributed by atoms with Gasteiger partial charge in [-0.3, -0.25) is 0 Å². The number of rotatable bonds is 5. The van der Waals surface area contributed by atoms with Crippen molar-refractivity contribution in [1.29, 1.82) is 0 Å². The van der Waals surface area contributed by atoms with Crippen molar-refractivity contribution in [2.24, 2.45) is 0 Å². The van der Waals surface area contributed by atoms with Gasteiger partial charge in [0.25, 0.3) is 0 Å². The van der Waals surface area contributed by atoms with Crippen LogP contribution in [0, 0.1) is 0 Å². The average Bonchev–Trinajstić information content (AvgIpc) is 4.20. The topological polar surface area (TPSA) is 30.1 Å². The minimum atomic E-state index is 0.0595. The van der Waals surface area contributed by atoms with Crippen LogP contribution in [-0.4, -0.2) is 11.8 Å². The molecule has 13 aromatic rings. The number of anilines is 2. The third-order valence-corrected chi connectivity index (χ3v) is 19.3. The summed E-state index contributed by atoms with van der Waals surface area (Å²) in [5, 5.41) is 14.2. The van der Waals surface area contributed by atoms with E-state index in [4.69, 9.17) is 4.42 Å². The molecule has 358 valence electrons. The quantitative estimate of drug-likeness (QED) is 0.174. The molecule has 0 bridgehead atoms. The Balaban J connectivity index is 1.03. The molecule has 0 radical (unpaired) electrons. The summed E-state index contributed by atoms with van der Waals surface area (Å²) in [7, 11) is 0.768. The molecule has 3 nitrogen and oxygen atoms in total. The van der Waals surface area contributed by atoms with Gasteiger partial charge in [-0.25, -0.2) is 0 Å². The fourth-order valence-corrected chi connectivity index (χ4v) is 15.1. The van der Waals surface area contributed by atoms with Gasteiger partial charge in [0.15, 0.2) is 7.28 Å². The van der Waals surface area contributed by atoms with Crippen LogP contribution in [0.3, 0.4) is 0 Å². The van der Waals surface area contributed by atoms with Gasteiger partial charge in [-0.05, 0) is 117 Å². The lowest BCUT2D eigenvalue weighted by Gasteiger charge is -2.41. The summed E-state index contributed by atoms with van der Waals surface area (Å²) in [5.41, 5.74) is 17.8. The van der Waals surface area contributed by atoms with Crippen molar-refractivity contribution in [3.05, 3.63) is 187 Å². The van der Waals surface area contributed by atoms with Crippen LogP contribution in [0.5, 0.6) is 0 Å². The van der Waals surface area contributed by atoms with E-state index < -0.39 is 0 Å². The van der Waals surface area contributed by atoms with Crippen molar-refractivity contribution in [3.63, 3.8) is 0 Å². The molecular weight excluding hydrogens is 936 g/mol. The number of fused-ring (bicyclic) bond motifs is 13. The maximum atomic E-state index is 7.07. The van der Waals surface area contributed by atoms with Gasteiger partial charge < -0.3 is 14.3 Å². The monoisotopic (exact) mass is 990 g/mol. The number of hydrogen-bond acceptors (Lipinski definition) is 4. The number of hydrogen-bond donors (Lipinski definition) is 1. The molecule has 6 heteroatoms. The second-order valence-electron chi connectivity index (χ2n) is 23.6. The first-order valence-electron chi connectivity index (χ1n) is 26.3. The number of furan rings is 1. The Hall–Kier alpha value is -7.38. The predicted molar refractivity (Wildman–Crippen MR) is 323 cm³/mol. The van der Waals surface area contributed by atoms with Crippen molar-refractivity contribution in [1.82, 2.24) is 4.57 Å². The molecule has 1 aliphatic carbocycles. The summed E-state index contributed by atoms with van der Waals surface area (Å²) >= 11 is 3.84. The molecule has 0 fully saturated rings. The first-order chi connectivity index (χ1) is 35.8. The Morgan fingerprint density at radius 3 is 1.84 bits per heavy atom. The first-order valence-corrected chi connectivity index (χ1v) is 27.9. The molecule has 0 unspecified atom stereocenters. The highest BCUT2D eigenvalue weighted by atomic mass is 32.1. The summed E-state index contributed by atoms with van der Waals surface area (Å²) in [5.74, 6) is 1.80. The van der Waals surface area contributed by atoms with Crippen LogP contribution < -0.4 is 16.2 Å². The van der Waals surface area contributed by atoms with E-state index in [0.717, 1.165) is 52.1 Å². The Labute approximate surface area is 440 Å².